The number of amides is 2. The van der Waals surface area contributed by atoms with Crippen molar-refractivity contribution in [2.75, 3.05) is 12.0 Å². The number of ether oxygens (including phenoxy) is 1. The first kappa shape index (κ1) is 16.8. The third-order valence-corrected chi connectivity index (χ3v) is 4.44. The highest BCUT2D eigenvalue weighted by Gasteiger charge is 2.37. The highest BCUT2D eigenvalue weighted by atomic mass is 32.2. The fraction of sp³-hybridized carbons (Fsp3) is 0.0556. The summed E-state index contributed by atoms with van der Waals surface area (Å²) in [5, 5.41) is 8.50. The zero-order valence-corrected chi connectivity index (χ0v) is 13.9. The molecule has 0 spiro atoms. The number of methoxy groups -OCH3 is 1. The van der Waals surface area contributed by atoms with E-state index in [0.29, 0.717) is 17.0 Å². The van der Waals surface area contributed by atoms with E-state index in [9.17, 15) is 14.4 Å². The van der Waals surface area contributed by atoms with Crippen LogP contribution >= 0.6 is 11.8 Å². The van der Waals surface area contributed by atoms with Gasteiger partial charge in [0.2, 0.25) is 0 Å². The second-order valence-electron chi connectivity index (χ2n) is 5.12. The van der Waals surface area contributed by atoms with Gasteiger partial charge in [0.25, 0.3) is 11.1 Å². The first-order valence-electron chi connectivity index (χ1n) is 7.25. The highest BCUT2D eigenvalue weighted by molar-refractivity contribution is 8.19. The minimum Gasteiger partial charge on any atom is -0.495 e. The Kier molecular flexibility index (Phi) is 4.58. The van der Waals surface area contributed by atoms with Crippen LogP contribution in [0.4, 0.5) is 10.5 Å². The number of thioether (sulfide) groups is 1. The van der Waals surface area contributed by atoms with E-state index in [2.05, 4.69) is 0 Å². The fourth-order valence-electron chi connectivity index (χ4n) is 2.36. The number of anilines is 1. The van der Waals surface area contributed by atoms with Gasteiger partial charge in [-0.1, -0.05) is 24.3 Å². The zero-order valence-electron chi connectivity index (χ0n) is 13.1. The molecule has 0 bridgehead atoms. The molecule has 1 aliphatic rings. The molecule has 0 unspecified atom stereocenters. The Balaban J connectivity index is 1.92. The lowest BCUT2D eigenvalue weighted by Gasteiger charge is -2.15. The average Bonchev–Trinajstić information content (AvgIpc) is 2.89. The molecule has 0 aromatic heterocycles. The number of para-hydroxylation sites is 2. The topological polar surface area (TPSA) is 83.9 Å². The second-order valence-corrected chi connectivity index (χ2v) is 6.11. The van der Waals surface area contributed by atoms with Gasteiger partial charge in [-0.15, -0.1) is 0 Å². The summed E-state index contributed by atoms with van der Waals surface area (Å²) in [5.41, 5.74) is 1.17. The van der Waals surface area contributed by atoms with Gasteiger partial charge in [0.1, 0.15) is 5.75 Å². The molecule has 1 aliphatic heterocycles. The molecule has 25 heavy (non-hydrogen) atoms. The lowest BCUT2D eigenvalue weighted by Crippen LogP contribution is -2.28. The number of rotatable bonds is 4. The molecular formula is C18H13NO5S. The number of aromatic carboxylic acids is 1. The number of carboxylic acid groups (broad SMARTS) is 1. The molecular weight excluding hydrogens is 342 g/mol. The Morgan fingerprint density at radius 3 is 2.44 bits per heavy atom. The Labute approximate surface area is 147 Å². The van der Waals surface area contributed by atoms with Crippen LogP contribution in [0.5, 0.6) is 5.75 Å². The molecule has 0 atom stereocenters. The standard InChI is InChI=1S/C18H13NO5S/c1-24-14-5-3-2-4-13(14)19-16(20)15(25-18(19)23)10-11-6-8-12(9-7-11)17(21)22/h2-10H,1H3,(H,21,22)/b15-10-. The Hall–Kier alpha value is -3.06. The lowest BCUT2D eigenvalue weighted by atomic mass is 10.1. The zero-order chi connectivity index (χ0) is 18.0. The van der Waals surface area contributed by atoms with Gasteiger partial charge < -0.3 is 9.84 Å². The van der Waals surface area contributed by atoms with Gasteiger partial charge in [0.15, 0.2) is 0 Å². The molecule has 1 N–H and O–H groups in total. The van der Waals surface area contributed by atoms with Crippen LogP contribution in [0.15, 0.2) is 53.4 Å². The Morgan fingerprint density at radius 2 is 1.80 bits per heavy atom. The van der Waals surface area contributed by atoms with Crippen LogP contribution in [-0.2, 0) is 4.79 Å². The minimum absolute atomic E-state index is 0.152. The van der Waals surface area contributed by atoms with E-state index in [0.717, 1.165) is 16.7 Å². The van der Waals surface area contributed by atoms with Gasteiger partial charge in [0, 0.05) is 0 Å². The predicted molar refractivity (Wildman–Crippen MR) is 94.8 cm³/mol. The molecule has 0 aliphatic carbocycles. The third-order valence-electron chi connectivity index (χ3n) is 3.58. The number of carbonyl (C=O) groups is 3. The van der Waals surface area contributed by atoms with Gasteiger partial charge >= 0.3 is 5.97 Å². The number of carbonyl (C=O) groups excluding carboxylic acids is 2. The van der Waals surface area contributed by atoms with Crippen LogP contribution in [0.25, 0.3) is 6.08 Å². The van der Waals surface area contributed by atoms with E-state index in [-0.39, 0.29) is 10.5 Å². The van der Waals surface area contributed by atoms with Crippen molar-refractivity contribution in [2.24, 2.45) is 0 Å². The summed E-state index contributed by atoms with van der Waals surface area (Å²) in [5.74, 6) is -1.04. The minimum atomic E-state index is -1.02. The van der Waals surface area contributed by atoms with Crippen molar-refractivity contribution in [2.45, 2.75) is 0 Å². The molecule has 126 valence electrons. The Bertz CT molecular complexity index is 889. The maximum atomic E-state index is 12.6. The normalized spacial score (nSPS) is 15.7. The largest absolute Gasteiger partial charge is 0.495 e. The van der Waals surface area contributed by atoms with Crippen LogP contribution in [0.3, 0.4) is 0 Å². The molecule has 7 heteroatoms. The van der Waals surface area contributed by atoms with Crippen molar-refractivity contribution in [3.63, 3.8) is 0 Å². The van der Waals surface area contributed by atoms with Crippen molar-refractivity contribution in [1.82, 2.24) is 0 Å². The maximum absolute atomic E-state index is 12.6. The van der Waals surface area contributed by atoms with Gasteiger partial charge in [-0.05, 0) is 47.7 Å². The Morgan fingerprint density at radius 1 is 1.12 bits per heavy atom. The first-order valence-corrected chi connectivity index (χ1v) is 8.07. The van der Waals surface area contributed by atoms with Crippen molar-refractivity contribution < 1.29 is 24.2 Å². The maximum Gasteiger partial charge on any atom is 0.335 e. The SMILES string of the molecule is COc1ccccc1N1C(=O)S/C(=C\c2ccc(C(=O)O)cc2)C1=O. The van der Waals surface area contributed by atoms with E-state index in [4.69, 9.17) is 9.84 Å². The van der Waals surface area contributed by atoms with Crippen LogP contribution in [0.1, 0.15) is 15.9 Å². The molecule has 1 heterocycles. The van der Waals surface area contributed by atoms with Gasteiger partial charge in [0.05, 0.1) is 23.3 Å². The monoisotopic (exact) mass is 355 g/mol. The summed E-state index contributed by atoms with van der Waals surface area (Å²) in [6, 6.07) is 12.8. The summed E-state index contributed by atoms with van der Waals surface area (Å²) < 4.78 is 5.21. The predicted octanol–water partition coefficient (Wildman–Crippen LogP) is 3.63. The summed E-state index contributed by atoms with van der Waals surface area (Å²) in [6.45, 7) is 0. The van der Waals surface area contributed by atoms with Crippen LogP contribution < -0.4 is 9.64 Å². The molecule has 6 nitrogen and oxygen atoms in total. The fourth-order valence-corrected chi connectivity index (χ4v) is 3.20. The van der Waals surface area contributed by atoms with Crippen molar-refractivity contribution in [3.05, 3.63) is 64.6 Å². The number of benzene rings is 2. The number of carboxylic acids is 1. The van der Waals surface area contributed by atoms with Gasteiger partial charge in [-0.3, -0.25) is 9.59 Å². The average molecular weight is 355 g/mol. The summed E-state index contributed by atoms with van der Waals surface area (Å²) >= 11 is 0.828. The molecule has 0 radical (unpaired) electrons. The lowest BCUT2D eigenvalue weighted by molar-refractivity contribution is -0.113. The van der Waals surface area contributed by atoms with E-state index in [1.165, 1.54) is 19.2 Å². The van der Waals surface area contributed by atoms with Crippen LogP contribution in [-0.4, -0.2) is 29.3 Å². The quantitative estimate of drug-likeness (QED) is 0.843. The van der Waals surface area contributed by atoms with Gasteiger partial charge in [-0.2, -0.15) is 0 Å². The van der Waals surface area contributed by atoms with Crippen LogP contribution in [0.2, 0.25) is 0 Å². The van der Waals surface area contributed by atoms with Crippen LogP contribution in [0, 0.1) is 0 Å². The summed E-state index contributed by atoms with van der Waals surface area (Å²) in [4.78, 5) is 37.1. The van der Waals surface area contributed by atoms with E-state index >= 15 is 0 Å². The van der Waals surface area contributed by atoms with Crippen molar-refractivity contribution in [1.29, 1.82) is 0 Å². The smallest absolute Gasteiger partial charge is 0.335 e. The van der Waals surface area contributed by atoms with Crippen molar-refractivity contribution in [3.8, 4) is 5.75 Å². The second kappa shape index (κ2) is 6.82. The first-order chi connectivity index (χ1) is 12.0. The van der Waals surface area contributed by atoms with E-state index in [1.54, 1.807) is 42.5 Å². The molecule has 1 fully saturated rings. The third kappa shape index (κ3) is 3.27. The molecule has 2 amide bonds. The van der Waals surface area contributed by atoms with E-state index < -0.39 is 17.1 Å². The summed E-state index contributed by atoms with van der Waals surface area (Å²) in [7, 11) is 1.47. The highest BCUT2D eigenvalue weighted by Crippen LogP contribution is 2.39. The number of hydrogen-bond donors (Lipinski definition) is 1. The molecule has 3 rings (SSSR count). The number of hydrogen-bond acceptors (Lipinski definition) is 5. The molecule has 0 saturated carbocycles. The van der Waals surface area contributed by atoms with Crippen molar-refractivity contribution >= 4 is 40.6 Å². The van der Waals surface area contributed by atoms with E-state index in [1.807, 2.05) is 0 Å². The molecule has 2 aromatic rings. The number of nitrogens with zero attached hydrogens (tertiary/aromatic N) is 1. The number of imide groups is 1. The van der Waals surface area contributed by atoms with Gasteiger partial charge in [-0.25, -0.2) is 9.69 Å². The summed E-state index contributed by atoms with van der Waals surface area (Å²) in [6.07, 6.45) is 1.56. The molecule has 2 aromatic carbocycles. The molecule has 1 saturated heterocycles.